The molecule has 0 N–H and O–H groups in total. The van der Waals surface area contributed by atoms with Gasteiger partial charge >= 0.3 is 0 Å². The first-order chi connectivity index (χ1) is 17.6. The molecule has 2 heterocycles. The van der Waals surface area contributed by atoms with Crippen molar-refractivity contribution in [3.63, 3.8) is 0 Å². The zero-order valence-electron chi connectivity index (χ0n) is 22.2. The minimum absolute atomic E-state index is 0.0351. The highest BCUT2D eigenvalue weighted by Crippen LogP contribution is 2.34. The third-order valence-corrected chi connectivity index (χ3v) is 8.15. The molecular formula is C30H35ClN2O3S. The minimum Gasteiger partial charge on any atom is -0.491 e. The van der Waals surface area contributed by atoms with Crippen molar-refractivity contribution in [2.75, 3.05) is 19.7 Å². The van der Waals surface area contributed by atoms with Gasteiger partial charge in [-0.05, 0) is 79.9 Å². The van der Waals surface area contributed by atoms with Gasteiger partial charge in [0.25, 0.3) is 5.91 Å². The van der Waals surface area contributed by atoms with Crippen molar-refractivity contribution in [1.29, 1.82) is 0 Å². The summed E-state index contributed by atoms with van der Waals surface area (Å²) in [7, 11) is 0. The number of ether oxygens (including phenoxy) is 1. The molecule has 1 unspecified atom stereocenters. The number of benzene rings is 2. The lowest BCUT2D eigenvalue weighted by atomic mass is 9.99. The summed E-state index contributed by atoms with van der Waals surface area (Å²) in [4.78, 5) is 32.1. The van der Waals surface area contributed by atoms with E-state index in [9.17, 15) is 9.59 Å². The minimum atomic E-state index is -0.570. The molecule has 1 aromatic heterocycles. The zero-order chi connectivity index (χ0) is 26.7. The van der Waals surface area contributed by atoms with Gasteiger partial charge in [0.1, 0.15) is 18.9 Å². The summed E-state index contributed by atoms with van der Waals surface area (Å²) in [6, 6.07) is 17.0. The molecule has 7 heteroatoms. The molecule has 1 aliphatic heterocycles. The van der Waals surface area contributed by atoms with Crippen LogP contribution in [0, 0.1) is 0 Å². The Morgan fingerprint density at radius 3 is 2.46 bits per heavy atom. The number of amides is 2. The van der Waals surface area contributed by atoms with Gasteiger partial charge in [-0.15, -0.1) is 11.3 Å². The summed E-state index contributed by atoms with van der Waals surface area (Å²) < 4.78 is 6.20. The highest BCUT2D eigenvalue weighted by atomic mass is 35.5. The standard InChI is InChI=1S/C30H35ClN2O3S/c1-20(2)21-10-12-22(13-11-21)36-19-26-24-15-17-37-27(24)14-16-32(26)28(34)18-33(30(3,4)5)29(35)23-8-6-7-9-25(23)31/h6-13,15,17,20,26H,14,16,18-19H2,1-5H3. The number of nitrogens with zero attached hydrogens (tertiary/aromatic N) is 2. The molecule has 2 aromatic carbocycles. The first-order valence-corrected chi connectivity index (χ1v) is 14.0. The Kier molecular flexibility index (Phi) is 8.29. The smallest absolute Gasteiger partial charge is 0.256 e. The number of thiophene rings is 1. The van der Waals surface area contributed by atoms with Crippen molar-refractivity contribution in [3.8, 4) is 5.75 Å². The van der Waals surface area contributed by atoms with E-state index in [0.29, 0.717) is 29.7 Å². The largest absolute Gasteiger partial charge is 0.491 e. The number of halogens is 1. The van der Waals surface area contributed by atoms with Gasteiger partial charge in [-0.25, -0.2) is 0 Å². The van der Waals surface area contributed by atoms with Gasteiger partial charge < -0.3 is 14.5 Å². The lowest BCUT2D eigenvalue weighted by Gasteiger charge is -2.40. The SMILES string of the molecule is CC(C)c1ccc(OCC2c3ccsc3CCN2C(=O)CN(C(=O)c2ccccc2Cl)C(C)(C)C)cc1. The van der Waals surface area contributed by atoms with Crippen LogP contribution in [0.1, 0.15) is 72.9 Å². The second kappa shape index (κ2) is 11.3. The third-order valence-electron chi connectivity index (χ3n) is 6.82. The molecule has 5 nitrogen and oxygen atoms in total. The number of hydrogen-bond acceptors (Lipinski definition) is 4. The highest BCUT2D eigenvalue weighted by molar-refractivity contribution is 7.10. The summed E-state index contributed by atoms with van der Waals surface area (Å²) >= 11 is 8.05. The van der Waals surface area contributed by atoms with Gasteiger partial charge in [-0.3, -0.25) is 9.59 Å². The number of rotatable bonds is 7. The van der Waals surface area contributed by atoms with E-state index in [1.165, 1.54) is 10.4 Å². The lowest BCUT2D eigenvalue weighted by molar-refractivity contribution is -0.136. The summed E-state index contributed by atoms with van der Waals surface area (Å²) in [5.74, 6) is 0.881. The molecule has 1 atom stereocenters. The molecule has 4 rings (SSSR count). The Morgan fingerprint density at radius 1 is 1.11 bits per heavy atom. The Balaban J connectivity index is 1.55. The molecule has 3 aromatic rings. The maximum Gasteiger partial charge on any atom is 0.256 e. The van der Waals surface area contributed by atoms with E-state index in [0.717, 1.165) is 17.7 Å². The molecule has 0 aliphatic carbocycles. The maximum atomic E-state index is 13.8. The molecule has 2 amide bonds. The van der Waals surface area contributed by atoms with Crippen LogP contribution in [0.4, 0.5) is 0 Å². The normalized spacial score (nSPS) is 15.4. The molecule has 0 fully saturated rings. The fraction of sp³-hybridized carbons (Fsp3) is 0.400. The quantitative estimate of drug-likeness (QED) is 0.326. The van der Waals surface area contributed by atoms with Crippen molar-refractivity contribution < 1.29 is 14.3 Å². The number of fused-ring (bicyclic) bond motifs is 1. The number of hydrogen-bond donors (Lipinski definition) is 0. The summed E-state index contributed by atoms with van der Waals surface area (Å²) in [6.07, 6.45) is 0.798. The van der Waals surface area contributed by atoms with E-state index in [2.05, 4.69) is 37.4 Å². The van der Waals surface area contributed by atoms with Crippen LogP contribution < -0.4 is 4.74 Å². The fourth-order valence-corrected chi connectivity index (χ4v) is 5.76. The van der Waals surface area contributed by atoms with Crippen LogP contribution in [0.15, 0.2) is 60.0 Å². The molecule has 1 aliphatic rings. The number of carbonyl (C=O) groups is 2. The van der Waals surface area contributed by atoms with Gasteiger partial charge in [0, 0.05) is 17.0 Å². The van der Waals surface area contributed by atoms with Gasteiger partial charge in [0.05, 0.1) is 16.6 Å². The Morgan fingerprint density at radius 2 is 1.81 bits per heavy atom. The van der Waals surface area contributed by atoms with E-state index < -0.39 is 5.54 Å². The van der Waals surface area contributed by atoms with Gasteiger partial charge in [0.2, 0.25) is 5.91 Å². The summed E-state index contributed by atoms with van der Waals surface area (Å²) in [5.41, 5.74) is 2.21. The van der Waals surface area contributed by atoms with Crippen molar-refractivity contribution in [3.05, 3.63) is 86.6 Å². The topological polar surface area (TPSA) is 49.9 Å². The van der Waals surface area contributed by atoms with Crippen molar-refractivity contribution >= 4 is 34.8 Å². The summed E-state index contributed by atoms with van der Waals surface area (Å²) in [5, 5.41) is 2.45. The fourth-order valence-electron chi connectivity index (χ4n) is 4.62. The van der Waals surface area contributed by atoms with Crippen molar-refractivity contribution in [2.45, 2.75) is 58.5 Å². The van der Waals surface area contributed by atoms with Crippen LogP contribution in [0.25, 0.3) is 0 Å². The average Bonchev–Trinajstić information content (AvgIpc) is 3.34. The highest BCUT2D eigenvalue weighted by Gasteiger charge is 2.36. The van der Waals surface area contributed by atoms with Gasteiger partial charge in [0.15, 0.2) is 0 Å². The molecule has 0 saturated carbocycles. The van der Waals surface area contributed by atoms with E-state index in [1.807, 2.05) is 37.8 Å². The Labute approximate surface area is 229 Å². The second-order valence-corrected chi connectivity index (χ2v) is 12.1. The van der Waals surface area contributed by atoms with Crippen LogP contribution in [0.2, 0.25) is 5.02 Å². The van der Waals surface area contributed by atoms with E-state index in [-0.39, 0.29) is 24.4 Å². The first kappa shape index (κ1) is 27.2. The molecule has 0 bridgehead atoms. The lowest BCUT2D eigenvalue weighted by Crippen LogP contribution is -2.53. The van der Waals surface area contributed by atoms with Gasteiger partial charge in [-0.2, -0.15) is 0 Å². The third kappa shape index (κ3) is 6.19. The molecule has 37 heavy (non-hydrogen) atoms. The molecule has 0 radical (unpaired) electrons. The molecular weight excluding hydrogens is 504 g/mol. The van der Waals surface area contributed by atoms with E-state index in [4.69, 9.17) is 16.3 Å². The number of carbonyl (C=O) groups excluding carboxylic acids is 2. The molecule has 196 valence electrons. The van der Waals surface area contributed by atoms with Crippen LogP contribution in [0.3, 0.4) is 0 Å². The predicted octanol–water partition coefficient (Wildman–Crippen LogP) is 6.97. The van der Waals surface area contributed by atoms with Crippen LogP contribution >= 0.6 is 22.9 Å². The molecule has 0 saturated heterocycles. The first-order valence-electron chi connectivity index (χ1n) is 12.7. The van der Waals surface area contributed by atoms with Crippen LogP contribution in [-0.2, 0) is 11.2 Å². The maximum absolute atomic E-state index is 13.8. The van der Waals surface area contributed by atoms with Crippen molar-refractivity contribution in [1.82, 2.24) is 9.80 Å². The average molecular weight is 539 g/mol. The monoisotopic (exact) mass is 538 g/mol. The van der Waals surface area contributed by atoms with Crippen molar-refractivity contribution in [2.24, 2.45) is 0 Å². The van der Waals surface area contributed by atoms with Crippen LogP contribution in [-0.4, -0.2) is 46.8 Å². The van der Waals surface area contributed by atoms with E-state index >= 15 is 0 Å². The predicted molar refractivity (Wildman–Crippen MR) is 151 cm³/mol. The zero-order valence-corrected chi connectivity index (χ0v) is 23.7. The van der Waals surface area contributed by atoms with E-state index in [1.54, 1.807) is 40.5 Å². The molecule has 0 spiro atoms. The van der Waals surface area contributed by atoms with Crippen LogP contribution in [0.5, 0.6) is 5.75 Å². The van der Waals surface area contributed by atoms with Gasteiger partial charge in [-0.1, -0.05) is 49.7 Å². The Hall–Kier alpha value is -2.83. The Bertz CT molecular complexity index is 1250. The summed E-state index contributed by atoms with van der Waals surface area (Å²) in [6.45, 7) is 11.0. The second-order valence-electron chi connectivity index (χ2n) is 10.7.